The van der Waals surface area contributed by atoms with E-state index < -0.39 is 10.2 Å². The van der Waals surface area contributed by atoms with E-state index in [9.17, 15) is 13.2 Å². The Bertz CT molecular complexity index is 717. The van der Waals surface area contributed by atoms with Crippen molar-refractivity contribution in [1.29, 1.82) is 0 Å². The Balaban J connectivity index is 1.58. The minimum absolute atomic E-state index is 0.128. The van der Waals surface area contributed by atoms with E-state index >= 15 is 0 Å². The van der Waals surface area contributed by atoms with Crippen LogP contribution in [0.2, 0.25) is 0 Å². The Morgan fingerprint density at radius 1 is 1.19 bits per heavy atom. The van der Waals surface area contributed by atoms with Crippen LogP contribution in [0.25, 0.3) is 0 Å². The number of amides is 1. The highest BCUT2D eigenvalue weighted by Crippen LogP contribution is 2.31. The molecular formula is C17H29N5O3S. The number of carbonyl (C=O) groups is 1. The van der Waals surface area contributed by atoms with Crippen LogP contribution in [-0.4, -0.2) is 65.9 Å². The van der Waals surface area contributed by atoms with E-state index in [0.717, 1.165) is 18.5 Å². The first kappa shape index (κ1) is 19.3. The molecule has 0 atom stereocenters. The van der Waals surface area contributed by atoms with Crippen molar-refractivity contribution in [2.45, 2.75) is 57.9 Å². The van der Waals surface area contributed by atoms with Gasteiger partial charge in [0.1, 0.15) is 5.69 Å². The molecule has 2 fully saturated rings. The zero-order valence-electron chi connectivity index (χ0n) is 15.6. The number of hydrogen-bond acceptors (Lipinski definition) is 4. The zero-order chi connectivity index (χ0) is 18.7. The molecule has 9 heteroatoms. The highest BCUT2D eigenvalue weighted by Gasteiger charge is 2.30. The van der Waals surface area contributed by atoms with Crippen molar-refractivity contribution in [3.05, 3.63) is 17.5 Å². The summed E-state index contributed by atoms with van der Waals surface area (Å²) in [4.78, 5) is 14.4. The van der Waals surface area contributed by atoms with Gasteiger partial charge in [-0.3, -0.25) is 9.89 Å². The lowest BCUT2D eigenvalue weighted by molar-refractivity contribution is 0.0691. The summed E-state index contributed by atoms with van der Waals surface area (Å²) in [6.07, 6.45) is 6.04. The number of hydrogen-bond donors (Lipinski definition) is 2. The molecule has 26 heavy (non-hydrogen) atoms. The first-order valence-corrected chi connectivity index (χ1v) is 10.9. The van der Waals surface area contributed by atoms with Gasteiger partial charge in [0, 0.05) is 43.8 Å². The Morgan fingerprint density at radius 3 is 2.46 bits per heavy atom. The summed E-state index contributed by atoms with van der Waals surface area (Å²) in [5.41, 5.74) is 1.48. The predicted molar refractivity (Wildman–Crippen MR) is 99.1 cm³/mol. The molecular weight excluding hydrogens is 354 g/mol. The molecule has 1 aliphatic carbocycles. The van der Waals surface area contributed by atoms with Gasteiger partial charge >= 0.3 is 0 Å². The molecule has 1 aromatic rings. The fourth-order valence-corrected chi connectivity index (χ4v) is 5.12. The molecule has 1 aliphatic heterocycles. The molecule has 2 N–H and O–H groups in total. The second-order valence-electron chi connectivity index (χ2n) is 7.51. The monoisotopic (exact) mass is 383 g/mol. The molecule has 3 rings (SSSR count). The summed E-state index contributed by atoms with van der Waals surface area (Å²) in [5, 5.41) is 7.25. The lowest BCUT2D eigenvalue weighted by Gasteiger charge is -2.34. The minimum Gasteiger partial charge on any atom is -0.335 e. The Kier molecular flexibility index (Phi) is 5.99. The molecule has 2 heterocycles. The van der Waals surface area contributed by atoms with E-state index in [-0.39, 0.29) is 11.9 Å². The van der Waals surface area contributed by atoms with Crippen LogP contribution in [-0.2, 0) is 10.2 Å². The van der Waals surface area contributed by atoms with E-state index in [0.29, 0.717) is 37.8 Å². The van der Waals surface area contributed by atoms with Crippen molar-refractivity contribution < 1.29 is 13.2 Å². The molecule has 8 nitrogen and oxygen atoms in total. The van der Waals surface area contributed by atoms with Crippen molar-refractivity contribution >= 4 is 16.1 Å². The third-order valence-electron chi connectivity index (χ3n) is 5.11. The Hall–Kier alpha value is -1.45. The SMILES string of the molecule is CC(C)NS(=O)(=O)N1CCN(C(=O)c2cc(C3CCCCC3)[nH]n2)CC1. The Labute approximate surface area is 155 Å². The maximum atomic E-state index is 12.7. The molecule has 146 valence electrons. The summed E-state index contributed by atoms with van der Waals surface area (Å²) in [6, 6.07) is 1.73. The molecule has 0 aromatic carbocycles. The number of carbonyl (C=O) groups excluding carboxylic acids is 1. The van der Waals surface area contributed by atoms with Crippen molar-refractivity contribution in [3.63, 3.8) is 0 Å². The number of aromatic amines is 1. The van der Waals surface area contributed by atoms with Gasteiger partial charge in [-0.1, -0.05) is 19.3 Å². The largest absolute Gasteiger partial charge is 0.335 e. The number of rotatable bonds is 5. The van der Waals surface area contributed by atoms with Crippen LogP contribution in [0.5, 0.6) is 0 Å². The van der Waals surface area contributed by atoms with Crippen LogP contribution >= 0.6 is 0 Å². The van der Waals surface area contributed by atoms with E-state index in [2.05, 4.69) is 14.9 Å². The highest BCUT2D eigenvalue weighted by molar-refractivity contribution is 7.87. The third-order valence-corrected chi connectivity index (χ3v) is 6.93. The van der Waals surface area contributed by atoms with E-state index in [1.54, 1.807) is 18.7 Å². The van der Waals surface area contributed by atoms with Gasteiger partial charge in [0.2, 0.25) is 0 Å². The standard InChI is InChI=1S/C17H29N5O3S/c1-13(2)20-26(24,25)22-10-8-21(9-11-22)17(23)16-12-15(18-19-16)14-6-4-3-5-7-14/h12-14,20H,3-11H2,1-2H3,(H,18,19). The fraction of sp³-hybridized carbons (Fsp3) is 0.765. The van der Waals surface area contributed by atoms with E-state index in [1.807, 2.05) is 6.07 Å². The van der Waals surface area contributed by atoms with Gasteiger partial charge in [-0.05, 0) is 32.8 Å². The quantitative estimate of drug-likeness (QED) is 0.804. The third kappa shape index (κ3) is 4.44. The molecule has 1 aromatic heterocycles. The van der Waals surface area contributed by atoms with E-state index in [4.69, 9.17) is 0 Å². The van der Waals surface area contributed by atoms with Gasteiger partial charge in [0.05, 0.1) is 0 Å². The average Bonchev–Trinajstić information content (AvgIpc) is 3.11. The maximum Gasteiger partial charge on any atom is 0.279 e. The maximum absolute atomic E-state index is 12.7. The fourth-order valence-electron chi connectivity index (χ4n) is 3.73. The number of aromatic nitrogens is 2. The second kappa shape index (κ2) is 8.06. The topological polar surface area (TPSA) is 98.4 Å². The van der Waals surface area contributed by atoms with Crippen molar-refractivity contribution in [2.75, 3.05) is 26.2 Å². The smallest absolute Gasteiger partial charge is 0.279 e. The van der Waals surface area contributed by atoms with Gasteiger partial charge in [0.15, 0.2) is 0 Å². The normalized spacial score (nSPS) is 20.7. The Morgan fingerprint density at radius 2 is 1.85 bits per heavy atom. The number of H-pyrrole nitrogens is 1. The minimum atomic E-state index is -3.48. The van der Waals surface area contributed by atoms with Gasteiger partial charge in [-0.25, -0.2) is 0 Å². The van der Waals surface area contributed by atoms with E-state index in [1.165, 1.54) is 23.6 Å². The molecule has 1 amide bonds. The van der Waals surface area contributed by atoms with Crippen LogP contribution < -0.4 is 4.72 Å². The molecule has 0 bridgehead atoms. The van der Waals surface area contributed by atoms with Crippen LogP contribution in [0.15, 0.2) is 6.07 Å². The lowest BCUT2D eigenvalue weighted by atomic mass is 9.87. The molecule has 0 radical (unpaired) electrons. The van der Waals surface area contributed by atoms with Crippen LogP contribution in [0.3, 0.4) is 0 Å². The highest BCUT2D eigenvalue weighted by atomic mass is 32.2. The van der Waals surface area contributed by atoms with Gasteiger partial charge in [-0.15, -0.1) is 0 Å². The first-order valence-electron chi connectivity index (χ1n) is 9.49. The number of piperazine rings is 1. The number of nitrogens with zero attached hydrogens (tertiary/aromatic N) is 3. The lowest BCUT2D eigenvalue weighted by Crippen LogP contribution is -2.54. The summed E-state index contributed by atoms with van der Waals surface area (Å²) < 4.78 is 28.4. The average molecular weight is 384 g/mol. The first-order chi connectivity index (χ1) is 12.4. The zero-order valence-corrected chi connectivity index (χ0v) is 16.4. The van der Waals surface area contributed by atoms with Crippen LogP contribution in [0.1, 0.15) is 68.1 Å². The molecule has 1 saturated heterocycles. The van der Waals surface area contributed by atoms with Crippen LogP contribution in [0.4, 0.5) is 0 Å². The second-order valence-corrected chi connectivity index (χ2v) is 9.21. The van der Waals surface area contributed by atoms with Crippen molar-refractivity contribution in [3.8, 4) is 0 Å². The van der Waals surface area contributed by atoms with Crippen molar-refractivity contribution in [1.82, 2.24) is 24.1 Å². The molecule has 1 saturated carbocycles. The summed E-state index contributed by atoms with van der Waals surface area (Å²) in [6.45, 7) is 4.94. The summed E-state index contributed by atoms with van der Waals surface area (Å²) in [7, 11) is -3.48. The predicted octanol–water partition coefficient (Wildman–Crippen LogP) is 1.46. The summed E-state index contributed by atoms with van der Waals surface area (Å²) >= 11 is 0. The molecule has 2 aliphatic rings. The van der Waals surface area contributed by atoms with Gasteiger partial charge in [0.25, 0.3) is 16.1 Å². The van der Waals surface area contributed by atoms with Gasteiger partial charge in [-0.2, -0.15) is 22.5 Å². The van der Waals surface area contributed by atoms with Crippen molar-refractivity contribution in [2.24, 2.45) is 0 Å². The number of nitrogens with one attached hydrogen (secondary N) is 2. The van der Waals surface area contributed by atoms with Gasteiger partial charge < -0.3 is 4.90 Å². The molecule has 0 spiro atoms. The molecule has 0 unspecified atom stereocenters. The van der Waals surface area contributed by atoms with Crippen LogP contribution in [0, 0.1) is 0 Å². The summed E-state index contributed by atoms with van der Waals surface area (Å²) in [5.74, 6) is 0.346.